The van der Waals surface area contributed by atoms with E-state index >= 15 is 0 Å². The van der Waals surface area contributed by atoms with E-state index in [9.17, 15) is 0 Å². The van der Waals surface area contributed by atoms with E-state index in [0.717, 1.165) is 25.4 Å². The maximum Gasteiger partial charge on any atom is 0.122 e. The summed E-state index contributed by atoms with van der Waals surface area (Å²) in [5.74, 6) is 2.03. The fourth-order valence-corrected chi connectivity index (χ4v) is 3.55. The average Bonchev–Trinajstić information content (AvgIpc) is 2.55. The van der Waals surface area contributed by atoms with Crippen LogP contribution in [-0.2, 0) is 4.74 Å². The van der Waals surface area contributed by atoms with Crippen LogP contribution >= 0.6 is 0 Å². The Bertz CT molecular complexity index is 593. The van der Waals surface area contributed by atoms with E-state index in [1.807, 2.05) is 6.07 Å². The van der Waals surface area contributed by atoms with Crippen LogP contribution in [-0.4, -0.2) is 13.2 Å². The third kappa shape index (κ3) is 1.92. The molecule has 2 aromatic carbocycles. The molecule has 2 aliphatic heterocycles. The number of hydrogen-bond donors (Lipinski definition) is 0. The molecule has 0 radical (unpaired) electrons. The van der Waals surface area contributed by atoms with Crippen molar-refractivity contribution in [1.82, 2.24) is 0 Å². The lowest BCUT2D eigenvalue weighted by molar-refractivity contribution is -0.0615. The molecule has 0 saturated carbocycles. The second-order valence-electron chi connectivity index (χ2n) is 5.61. The lowest BCUT2D eigenvalue weighted by atomic mass is 9.75. The highest BCUT2D eigenvalue weighted by Crippen LogP contribution is 2.48. The zero-order chi connectivity index (χ0) is 13.4. The summed E-state index contributed by atoms with van der Waals surface area (Å²) in [4.78, 5) is 0. The van der Waals surface area contributed by atoms with Crippen LogP contribution in [0.25, 0.3) is 0 Å². The first-order valence-corrected chi connectivity index (χ1v) is 7.32. The number of fused-ring (bicyclic) bond motifs is 3. The van der Waals surface area contributed by atoms with Crippen molar-refractivity contribution < 1.29 is 9.47 Å². The molecular weight excluding hydrogens is 248 g/mol. The molecule has 0 aromatic heterocycles. The van der Waals surface area contributed by atoms with Crippen LogP contribution in [0, 0.1) is 5.92 Å². The molecule has 4 rings (SSSR count). The summed E-state index contributed by atoms with van der Waals surface area (Å²) < 4.78 is 12.0. The number of benzene rings is 2. The summed E-state index contributed by atoms with van der Waals surface area (Å²) in [5, 5.41) is 0. The molecule has 0 bridgehead atoms. The van der Waals surface area contributed by atoms with Gasteiger partial charge in [-0.05, 0) is 29.5 Å². The molecule has 2 aromatic rings. The van der Waals surface area contributed by atoms with E-state index in [1.54, 1.807) is 0 Å². The van der Waals surface area contributed by atoms with Crippen LogP contribution in [0.5, 0.6) is 5.75 Å². The quantitative estimate of drug-likeness (QED) is 0.778. The highest BCUT2D eigenvalue weighted by atomic mass is 16.5. The first kappa shape index (κ1) is 12.0. The van der Waals surface area contributed by atoms with Gasteiger partial charge in [0.15, 0.2) is 0 Å². The minimum Gasteiger partial charge on any atom is -0.493 e. The average molecular weight is 266 g/mol. The minimum absolute atomic E-state index is 0.156. The molecular formula is C18H18O2. The number of para-hydroxylation sites is 1. The first-order valence-electron chi connectivity index (χ1n) is 7.32. The van der Waals surface area contributed by atoms with E-state index in [1.165, 1.54) is 11.1 Å². The normalized spacial score (nSPS) is 28.1. The van der Waals surface area contributed by atoms with Crippen molar-refractivity contribution in [3.63, 3.8) is 0 Å². The van der Waals surface area contributed by atoms with Crippen molar-refractivity contribution in [1.29, 1.82) is 0 Å². The standard InChI is InChI=1S/C18H18O2/c1-2-6-13(7-3-1)18-16-12-20-17-9-5-4-8-15(17)14(16)10-11-19-18/h1-9,14,16,18H,10-12H2/t14-,16-,18+/m1/s1. The van der Waals surface area contributed by atoms with E-state index in [2.05, 4.69) is 48.5 Å². The summed E-state index contributed by atoms with van der Waals surface area (Å²) in [6.45, 7) is 1.58. The van der Waals surface area contributed by atoms with Gasteiger partial charge < -0.3 is 9.47 Å². The second kappa shape index (κ2) is 4.95. The van der Waals surface area contributed by atoms with Crippen LogP contribution < -0.4 is 4.74 Å². The zero-order valence-electron chi connectivity index (χ0n) is 11.4. The van der Waals surface area contributed by atoms with E-state index in [4.69, 9.17) is 9.47 Å². The SMILES string of the molecule is c1ccc([C@@H]2OCC[C@@H]3c4ccccc4OC[C@H]32)cc1. The summed E-state index contributed by atoms with van der Waals surface area (Å²) in [5.41, 5.74) is 2.62. The molecule has 20 heavy (non-hydrogen) atoms. The Morgan fingerprint density at radius 2 is 1.70 bits per heavy atom. The number of rotatable bonds is 1. The van der Waals surface area contributed by atoms with Crippen LogP contribution in [0.1, 0.15) is 29.6 Å². The Kier molecular flexibility index (Phi) is 2.96. The van der Waals surface area contributed by atoms with Crippen molar-refractivity contribution in [2.75, 3.05) is 13.2 Å². The molecule has 2 nitrogen and oxygen atoms in total. The molecule has 0 unspecified atom stereocenters. The molecule has 1 fully saturated rings. The topological polar surface area (TPSA) is 18.5 Å². The van der Waals surface area contributed by atoms with Crippen LogP contribution in [0.15, 0.2) is 54.6 Å². The summed E-state index contributed by atoms with van der Waals surface area (Å²) in [6.07, 6.45) is 1.25. The highest BCUT2D eigenvalue weighted by molar-refractivity contribution is 5.39. The maximum absolute atomic E-state index is 6.07. The van der Waals surface area contributed by atoms with Gasteiger partial charge in [-0.25, -0.2) is 0 Å². The van der Waals surface area contributed by atoms with Crippen molar-refractivity contribution in [2.24, 2.45) is 5.92 Å². The van der Waals surface area contributed by atoms with Gasteiger partial charge in [0, 0.05) is 12.5 Å². The predicted octanol–water partition coefficient (Wildman–Crippen LogP) is 3.94. The Balaban J connectivity index is 1.70. The van der Waals surface area contributed by atoms with Crippen molar-refractivity contribution in [3.05, 3.63) is 65.7 Å². The summed E-state index contributed by atoms with van der Waals surface area (Å²) in [7, 11) is 0. The second-order valence-corrected chi connectivity index (χ2v) is 5.61. The van der Waals surface area contributed by atoms with Gasteiger partial charge in [0.05, 0.1) is 12.7 Å². The summed E-state index contributed by atoms with van der Waals surface area (Å²) >= 11 is 0. The van der Waals surface area contributed by atoms with Gasteiger partial charge in [0.2, 0.25) is 0 Å². The molecule has 2 heteroatoms. The van der Waals surface area contributed by atoms with Crippen molar-refractivity contribution in [2.45, 2.75) is 18.4 Å². The first-order chi connectivity index (χ1) is 9.93. The van der Waals surface area contributed by atoms with Crippen LogP contribution in [0.2, 0.25) is 0 Å². The molecule has 0 amide bonds. The molecule has 3 atom stereocenters. The van der Waals surface area contributed by atoms with Gasteiger partial charge in [-0.15, -0.1) is 0 Å². The Labute approximate surface area is 119 Å². The molecule has 102 valence electrons. The zero-order valence-corrected chi connectivity index (χ0v) is 11.4. The Morgan fingerprint density at radius 3 is 2.60 bits per heavy atom. The van der Waals surface area contributed by atoms with Gasteiger partial charge in [0.1, 0.15) is 5.75 Å². The lowest BCUT2D eigenvalue weighted by Crippen LogP contribution is -2.36. The molecule has 2 heterocycles. The number of hydrogen-bond acceptors (Lipinski definition) is 2. The van der Waals surface area contributed by atoms with Crippen molar-refractivity contribution >= 4 is 0 Å². The van der Waals surface area contributed by atoms with E-state index in [-0.39, 0.29) is 6.10 Å². The van der Waals surface area contributed by atoms with E-state index in [0.29, 0.717) is 11.8 Å². The third-order valence-corrected chi connectivity index (χ3v) is 4.51. The molecule has 0 aliphatic carbocycles. The van der Waals surface area contributed by atoms with Gasteiger partial charge >= 0.3 is 0 Å². The predicted molar refractivity (Wildman–Crippen MR) is 77.9 cm³/mol. The molecule has 0 N–H and O–H groups in total. The monoisotopic (exact) mass is 266 g/mol. The smallest absolute Gasteiger partial charge is 0.122 e. The molecule has 1 saturated heterocycles. The van der Waals surface area contributed by atoms with Crippen LogP contribution in [0.4, 0.5) is 0 Å². The molecule has 2 aliphatic rings. The highest BCUT2D eigenvalue weighted by Gasteiger charge is 2.40. The fourth-order valence-electron chi connectivity index (χ4n) is 3.55. The third-order valence-electron chi connectivity index (χ3n) is 4.51. The lowest BCUT2D eigenvalue weighted by Gasteiger charge is -2.42. The summed E-state index contributed by atoms with van der Waals surface area (Å²) in [6, 6.07) is 19.0. The Hall–Kier alpha value is -1.80. The van der Waals surface area contributed by atoms with Gasteiger partial charge in [-0.1, -0.05) is 48.5 Å². The molecule has 0 spiro atoms. The van der Waals surface area contributed by atoms with E-state index < -0.39 is 0 Å². The Morgan fingerprint density at radius 1 is 0.900 bits per heavy atom. The van der Waals surface area contributed by atoms with Gasteiger partial charge in [-0.3, -0.25) is 0 Å². The van der Waals surface area contributed by atoms with Crippen molar-refractivity contribution in [3.8, 4) is 5.75 Å². The maximum atomic E-state index is 6.07. The largest absolute Gasteiger partial charge is 0.493 e. The fraction of sp³-hybridized carbons (Fsp3) is 0.333. The number of ether oxygens (including phenoxy) is 2. The minimum atomic E-state index is 0.156. The van der Waals surface area contributed by atoms with Gasteiger partial charge in [-0.2, -0.15) is 0 Å². The van der Waals surface area contributed by atoms with Crippen LogP contribution in [0.3, 0.4) is 0 Å². The van der Waals surface area contributed by atoms with Gasteiger partial charge in [0.25, 0.3) is 0 Å².